The van der Waals surface area contributed by atoms with Crippen molar-refractivity contribution >= 4 is 62.9 Å². The fourth-order valence-corrected chi connectivity index (χ4v) is 2.82. The summed E-state index contributed by atoms with van der Waals surface area (Å²) in [6.45, 7) is 14.9. The number of nitrogens with two attached hydrogens (primary N) is 4. The Labute approximate surface area is 371 Å². The maximum Gasteiger partial charge on any atom is -0.344 e. The number of ketones is 1. The Morgan fingerprint density at radius 2 is 0.982 bits per heavy atom. The first-order chi connectivity index (χ1) is 22.1. The van der Waals surface area contributed by atoms with Gasteiger partial charge in [-0.2, -0.15) is 0 Å². The van der Waals surface area contributed by atoms with Gasteiger partial charge in [-0.15, -0.1) is 12.3 Å². The predicted octanol–water partition coefficient (Wildman–Crippen LogP) is 6.75. The molecule has 2 rings (SSSR count). The van der Waals surface area contributed by atoms with Crippen LogP contribution in [0.15, 0.2) is 21.2 Å². The average molecular weight is 1170 g/mol. The van der Waals surface area contributed by atoms with Gasteiger partial charge in [-0.25, -0.2) is 0 Å². The largest absolute Gasteiger partial charge is 0.344 e. The van der Waals surface area contributed by atoms with Gasteiger partial charge < -0.3 is 56.7 Å². The van der Waals surface area contributed by atoms with Crippen molar-refractivity contribution in [1.82, 2.24) is 16.5 Å². The third-order valence-corrected chi connectivity index (χ3v) is 5.68. The molecule has 2 aromatic rings. The van der Waals surface area contributed by atoms with Gasteiger partial charge in [0.2, 0.25) is 0 Å². The average Bonchev–Trinajstić information content (AvgIpc) is 3.66. The van der Waals surface area contributed by atoms with E-state index in [0.717, 1.165) is 29.2 Å². The van der Waals surface area contributed by atoms with Crippen molar-refractivity contribution in [2.24, 2.45) is 22.9 Å². The second-order valence-corrected chi connectivity index (χ2v) is 25.5. The fourth-order valence-electron chi connectivity index (χ4n) is 1.60. The minimum absolute atomic E-state index is 0. The van der Waals surface area contributed by atoms with E-state index >= 15 is 0 Å². The molecule has 55 heavy (non-hydrogen) atoms. The minimum atomic E-state index is -3.18. The summed E-state index contributed by atoms with van der Waals surface area (Å²) in [5.41, 5.74) is 19.2. The zero-order valence-corrected chi connectivity index (χ0v) is 38.9. The number of hydrogen-bond donors (Lipinski definition) is 5. The third-order valence-electron chi connectivity index (χ3n) is 3.35. The van der Waals surface area contributed by atoms with Crippen LogP contribution < -0.4 is 42.3 Å². The van der Waals surface area contributed by atoms with Crippen LogP contribution in [0.5, 0.6) is 0 Å². The summed E-state index contributed by atoms with van der Waals surface area (Å²) in [5, 5.41) is 7.28. The van der Waals surface area contributed by atoms with Crippen LogP contribution in [0.1, 0.15) is 110 Å². The maximum atomic E-state index is 11.4. The van der Waals surface area contributed by atoms with E-state index in [0.29, 0.717) is 13.3 Å². The van der Waals surface area contributed by atoms with Crippen LogP contribution in [0, 0.1) is 40.0 Å². The molecule has 1 unspecified atom stereocenters. The van der Waals surface area contributed by atoms with Crippen LogP contribution in [-0.4, -0.2) is 83.5 Å². The van der Waals surface area contributed by atoms with Crippen molar-refractivity contribution < 1.29 is 55.0 Å². The molecule has 0 fully saturated rings. The van der Waals surface area contributed by atoms with Gasteiger partial charge in [0.15, 0.2) is 0 Å². The molecule has 0 saturated carbocycles. The quantitative estimate of drug-likeness (QED) is 0.0696. The summed E-state index contributed by atoms with van der Waals surface area (Å²) in [4.78, 5) is 29.2. The molecule has 20 heteroatoms. The van der Waals surface area contributed by atoms with Gasteiger partial charge in [-0.1, -0.05) is 62.3 Å². The summed E-state index contributed by atoms with van der Waals surface area (Å²) in [7, 11) is 6.71. The first kappa shape index (κ1) is 111. The maximum absolute atomic E-state index is 11.4. The normalized spacial score (nSPS) is 7.15. The standard InChI is InChI=1S/C6H13O4P.2C5H7NO.C3H6O2.C3H4.C2H4O.4CH5N.7CH4.I3.H3N/c1-5(7)6(2)11(8,9-3)10-4;2*1-4-3-5(2)7-6-4;1-3(4)5-2;1-3-2;1-2-3;4*1-2;;;;;;;;1-3-2;/h6H,1-4H3;2*3H,1-2H3;1-2H3;1H,2H3;2H,1H3;4*2H2,1H3;7*1H4;;1H3/q;;;;;;;;;;;;;;;;;-1;. The van der Waals surface area contributed by atoms with Gasteiger partial charge in [-0.05, 0) is 83.6 Å². The van der Waals surface area contributed by atoms with Crippen molar-refractivity contribution in [1.29, 1.82) is 0 Å². The number of esters is 1. The molecule has 0 amide bonds. The summed E-state index contributed by atoms with van der Waals surface area (Å²) < 4.78 is 34.2. The first-order valence-corrected chi connectivity index (χ1v) is 27.3. The molecular formula is C35H92I3N7O9P-. The molecule has 0 aromatic carbocycles. The number of nitrogens with zero attached hydrogens (tertiary/aromatic N) is 2. The van der Waals surface area contributed by atoms with Crippen LogP contribution in [0.25, 0.3) is 0 Å². The second-order valence-electron chi connectivity index (χ2n) is 6.62. The van der Waals surface area contributed by atoms with E-state index in [2.05, 4.69) is 96.6 Å². The Kier molecular flexibility index (Phi) is 200. The number of hydrogen-bond acceptors (Lipinski definition) is 16. The van der Waals surface area contributed by atoms with Gasteiger partial charge in [0.1, 0.15) is 29.2 Å². The molecule has 0 radical (unpaired) electrons. The predicted molar refractivity (Wildman–Crippen MR) is 258 cm³/mol. The number of carbonyl (C=O) groups excluding carboxylic acids is 3. The number of aldehydes is 1. The molecule has 0 saturated heterocycles. The second kappa shape index (κ2) is 99.2. The SMILES string of the molecule is C.C.C.C.C.C.C.C#CC.CC=O.CN.CN.CN.CN.COC(C)=O.COP(=O)(OC)C(C)C(C)=O.Cc1cc(C)on1.Cc1cc(C)on1.I[I-]I.N. The Hall–Kier alpha value is -1.07. The monoisotopic (exact) mass is 1170 g/mol. The van der Waals surface area contributed by atoms with E-state index in [9.17, 15) is 14.2 Å². The number of halogens is 3. The molecule has 2 aromatic heterocycles. The number of rotatable bonds is 4. The molecule has 0 aliphatic rings. The minimum Gasteiger partial charge on any atom is -0.344 e. The van der Waals surface area contributed by atoms with E-state index in [1.54, 1.807) is 6.92 Å². The first-order valence-electron chi connectivity index (χ1n) is 13.1. The Balaban J connectivity index is -0.0000000200. The Bertz CT molecular complexity index is 906. The Morgan fingerprint density at radius 3 is 1.02 bits per heavy atom. The van der Waals surface area contributed by atoms with E-state index in [1.165, 1.54) is 77.2 Å². The molecule has 0 bridgehead atoms. The molecule has 1 atom stereocenters. The van der Waals surface area contributed by atoms with Crippen molar-refractivity contribution in [3.05, 3.63) is 35.0 Å². The molecule has 0 aliphatic carbocycles. The van der Waals surface area contributed by atoms with Crippen molar-refractivity contribution in [3.63, 3.8) is 0 Å². The number of aromatic nitrogens is 2. The third kappa shape index (κ3) is 113. The van der Waals surface area contributed by atoms with Gasteiger partial charge in [-0.3, -0.25) is 14.2 Å². The smallest absolute Gasteiger partial charge is 0.344 e. The number of ether oxygens (including phenoxy) is 1. The van der Waals surface area contributed by atoms with Gasteiger partial charge in [0.25, 0.3) is 0 Å². The van der Waals surface area contributed by atoms with Crippen molar-refractivity contribution in [2.45, 2.75) is 120 Å². The summed E-state index contributed by atoms with van der Waals surface area (Å²) in [6.07, 6.45) is 5.35. The van der Waals surface area contributed by atoms with E-state index in [4.69, 9.17) is 13.8 Å². The molecule has 0 spiro atoms. The molecule has 11 N–H and O–H groups in total. The zero-order chi connectivity index (χ0) is 40.0. The molecule has 2 heterocycles. The molecule has 16 nitrogen and oxygen atoms in total. The number of methoxy groups -OCH3 is 1. The van der Waals surface area contributed by atoms with Gasteiger partial charge in [0, 0.05) is 33.3 Å². The van der Waals surface area contributed by atoms with Crippen LogP contribution in [0.3, 0.4) is 0 Å². The summed E-state index contributed by atoms with van der Waals surface area (Å²) in [6, 6.07) is 3.78. The molecule has 348 valence electrons. The molecule has 0 aliphatic heterocycles. The number of terminal acetylenes is 1. The fraction of sp³-hybridized carbons (Fsp3) is 0.686. The van der Waals surface area contributed by atoms with E-state index < -0.39 is 13.3 Å². The summed E-state index contributed by atoms with van der Waals surface area (Å²) >= 11 is 5.30. The van der Waals surface area contributed by atoms with Crippen molar-refractivity contribution in [2.75, 3.05) is 49.5 Å². The van der Waals surface area contributed by atoms with Gasteiger partial charge in [0.05, 0.1) is 18.5 Å². The van der Waals surface area contributed by atoms with E-state index in [1.807, 2.05) is 39.8 Å². The number of carbonyl (C=O) groups is 3. The zero-order valence-electron chi connectivity index (χ0n) is 31.6. The van der Waals surface area contributed by atoms with Crippen LogP contribution >= 0.6 is 44.8 Å². The topological polar surface area (TPSA) is 287 Å². The number of aryl methyl sites for hydroxylation is 4. The van der Waals surface area contributed by atoms with Gasteiger partial charge >= 0.3 is 64.1 Å². The van der Waals surface area contributed by atoms with Crippen LogP contribution in [0.2, 0.25) is 0 Å². The Morgan fingerprint density at radius 1 is 0.800 bits per heavy atom. The number of Topliss-reactive ketones (excluding diaryl/α,β-unsaturated/α-hetero) is 1. The summed E-state index contributed by atoms with van der Waals surface area (Å²) in [5.74, 6) is 3.55. The van der Waals surface area contributed by atoms with E-state index in [-0.39, 0.29) is 69.9 Å². The van der Waals surface area contributed by atoms with Crippen molar-refractivity contribution in [3.8, 4) is 12.3 Å². The van der Waals surface area contributed by atoms with Crippen LogP contribution in [0.4, 0.5) is 0 Å². The van der Waals surface area contributed by atoms with Crippen LogP contribution in [-0.2, 0) is 32.7 Å². The molecular weight excluding hydrogens is 1070 g/mol.